The smallest absolute Gasteiger partial charge is 0.322 e. The number of benzene rings is 1. The minimum atomic E-state index is -0.439. The number of aliphatic hydroxyl groups excluding tert-OH is 1. The lowest BCUT2D eigenvalue weighted by Gasteiger charge is -2.37. The van der Waals surface area contributed by atoms with E-state index in [9.17, 15) is 20.0 Å². The van der Waals surface area contributed by atoms with Gasteiger partial charge in [-0.15, -0.1) is 0 Å². The molecule has 7 nitrogen and oxygen atoms in total. The van der Waals surface area contributed by atoms with Crippen LogP contribution in [0.2, 0.25) is 0 Å². The van der Waals surface area contributed by atoms with Crippen LogP contribution in [0.5, 0.6) is 0 Å². The first-order valence-electron chi connectivity index (χ1n) is 7.90. The van der Waals surface area contributed by atoms with Crippen molar-refractivity contribution < 1.29 is 14.8 Å². The normalized spacial score (nSPS) is 26.2. The van der Waals surface area contributed by atoms with Gasteiger partial charge in [-0.1, -0.05) is 0 Å². The maximum atomic E-state index is 12.6. The van der Waals surface area contributed by atoms with Gasteiger partial charge >= 0.3 is 6.03 Å². The second kappa shape index (κ2) is 5.81. The third kappa shape index (κ3) is 2.88. The molecule has 2 aliphatic heterocycles. The fourth-order valence-electron chi connectivity index (χ4n) is 3.83. The van der Waals surface area contributed by atoms with Gasteiger partial charge in [-0.3, -0.25) is 10.1 Å². The molecule has 3 rings (SSSR count). The molecule has 2 atom stereocenters. The zero-order valence-corrected chi connectivity index (χ0v) is 13.3. The van der Waals surface area contributed by atoms with Gasteiger partial charge in [0.05, 0.1) is 16.7 Å². The van der Waals surface area contributed by atoms with Gasteiger partial charge in [0.2, 0.25) is 0 Å². The summed E-state index contributed by atoms with van der Waals surface area (Å²) in [6.45, 7) is 3.50. The van der Waals surface area contributed by atoms with Crippen LogP contribution in [0.1, 0.15) is 36.8 Å². The van der Waals surface area contributed by atoms with Crippen LogP contribution in [-0.2, 0) is 0 Å². The number of aliphatic hydroxyl groups is 1. The molecule has 0 aliphatic carbocycles. The molecule has 2 fully saturated rings. The summed E-state index contributed by atoms with van der Waals surface area (Å²) in [7, 11) is 0. The molecule has 2 saturated heterocycles. The SMILES string of the molecule is Cc1cc(C)c([N+](=O)[O-])cc1NC(=O)N1C2CCC1CC(O)C2. The Bertz CT molecular complexity index is 647. The molecule has 2 N–H and O–H groups in total. The molecule has 124 valence electrons. The summed E-state index contributed by atoms with van der Waals surface area (Å²) in [5.41, 5.74) is 1.85. The van der Waals surface area contributed by atoms with Gasteiger partial charge in [-0.05, 0) is 51.2 Å². The molecule has 7 heteroatoms. The fourth-order valence-corrected chi connectivity index (χ4v) is 3.83. The number of aryl methyl sites for hydroxylation is 2. The van der Waals surface area contributed by atoms with E-state index in [2.05, 4.69) is 5.32 Å². The first-order chi connectivity index (χ1) is 10.9. The highest BCUT2D eigenvalue weighted by molar-refractivity contribution is 5.91. The van der Waals surface area contributed by atoms with Crippen LogP contribution in [0.25, 0.3) is 0 Å². The van der Waals surface area contributed by atoms with E-state index in [-0.39, 0.29) is 29.9 Å². The third-order valence-electron chi connectivity index (χ3n) is 4.92. The first kappa shape index (κ1) is 15.7. The Hall–Kier alpha value is -2.15. The van der Waals surface area contributed by atoms with Crippen molar-refractivity contribution in [2.45, 2.75) is 57.7 Å². The van der Waals surface area contributed by atoms with E-state index < -0.39 is 4.92 Å². The average molecular weight is 319 g/mol. The van der Waals surface area contributed by atoms with Crippen molar-refractivity contribution in [3.05, 3.63) is 33.4 Å². The third-order valence-corrected chi connectivity index (χ3v) is 4.92. The van der Waals surface area contributed by atoms with E-state index >= 15 is 0 Å². The fraction of sp³-hybridized carbons (Fsp3) is 0.562. The summed E-state index contributed by atoms with van der Waals surface area (Å²) >= 11 is 0. The number of fused-ring (bicyclic) bond motifs is 2. The number of nitro benzene ring substituents is 1. The number of carbonyl (C=O) groups is 1. The molecule has 2 unspecified atom stereocenters. The lowest BCUT2D eigenvalue weighted by Crippen LogP contribution is -2.49. The minimum Gasteiger partial charge on any atom is -0.393 e. The summed E-state index contributed by atoms with van der Waals surface area (Å²) in [6, 6.07) is 3.02. The van der Waals surface area contributed by atoms with E-state index in [4.69, 9.17) is 0 Å². The number of rotatable bonds is 2. The summed E-state index contributed by atoms with van der Waals surface area (Å²) in [5, 5.41) is 23.7. The zero-order valence-electron chi connectivity index (χ0n) is 13.3. The number of urea groups is 1. The van der Waals surface area contributed by atoms with Crippen LogP contribution in [0.3, 0.4) is 0 Å². The molecular formula is C16H21N3O4. The van der Waals surface area contributed by atoms with Crippen LogP contribution >= 0.6 is 0 Å². The average Bonchev–Trinajstić information content (AvgIpc) is 2.73. The quantitative estimate of drug-likeness (QED) is 0.647. The molecular weight excluding hydrogens is 298 g/mol. The highest BCUT2D eigenvalue weighted by Gasteiger charge is 2.42. The van der Waals surface area contributed by atoms with Crippen molar-refractivity contribution in [2.24, 2.45) is 0 Å². The molecule has 0 saturated carbocycles. The van der Waals surface area contributed by atoms with Crippen LogP contribution in [0, 0.1) is 24.0 Å². The highest BCUT2D eigenvalue weighted by atomic mass is 16.6. The molecule has 2 heterocycles. The number of hydrogen-bond donors (Lipinski definition) is 2. The van der Waals surface area contributed by atoms with Crippen LogP contribution in [0.4, 0.5) is 16.2 Å². The van der Waals surface area contributed by atoms with Gasteiger partial charge in [0, 0.05) is 23.7 Å². The molecule has 0 radical (unpaired) electrons. The number of carbonyl (C=O) groups excluding carboxylic acids is 1. The maximum Gasteiger partial charge on any atom is 0.322 e. The molecule has 1 aromatic carbocycles. The maximum absolute atomic E-state index is 12.6. The van der Waals surface area contributed by atoms with E-state index in [0.717, 1.165) is 18.4 Å². The number of piperidine rings is 1. The number of nitrogens with one attached hydrogen (secondary N) is 1. The minimum absolute atomic E-state index is 0.00272. The highest BCUT2D eigenvalue weighted by Crippen LogP contribution is 2.36. The zero-order chi connectivity index (χ0) is 16.7. The second-order valence-corrected chi connectivity index (χ2v) is 6.56. The number of nitrogens with zero attached hydrogens (tertiary/aromatic N) is 2. The Labute approximate surface area is 134 Å². The number of hydrogen-bond acceptors (Lipinski definition) is 4. The Morgan fingerprint density at radius 1 is 1.26 bits per heavy atom. The summed E-state index contributed by atoms with van der Waals surface area (Å²) in [6.07, 6.45) is 2.69. The van der Waals surface area contributed by atoms with Crippen molar-refractivity contribution in [3.8, 4) is 0 Å². The molecule has 0 aromatic heterocycles. The number of anilines is 1. The van der Waals surface area contributed by atoms with Crippen LogP contribution in [-0.4, -0.2) is 39.1 Å². The van der Waals surface area contributed by atoms with Crippen LogP contribution < -0.4 is 5.32 Å². The topological polar surface area (TPSA) is 95.7 Å². The predicted octanol–water partition coefficient (Wildman–Crippen LogP) is 2.73. The Kier molecular flexibility index (Phi) is 3.97. The van der Waals surface area contributed by atoms with Gasteiger partial charge in [0.25, 0.3) is 5.69 Å². The van der Waals surface area contributed by atoms with Gasteiger partial charge in [-0.25, -0.2) is 4.79 Å². The standard InChI is InChI=1S/C16H21N3O4/c1-9-5-10(2)15(19(22)23)8-14(9)17-16(21)18-11-3-4-12(18)7-13(20)6-11/h5,8,11-13,20H,3-4,6-7H2,1-2H3,(H,17,21). The van der Waals surface area contributed by atoms with Gasteiger partial charge in [0.1, 0.15) is 0 Å². The second-order valence-electron chi connectivity index (χ2n) is 6.56. The molecule has 1 aromatic rings. The van der Waals surface area contributed by atoms with E-state index in [1.807, 2.05) is 6.92 Å². The Balaban J connectivity index is 1.81. The van der Waals surface area contributed by atoms with Crippen LogP contribution in [0.15, 0.2) is 12.1 Å². The van der Waals surface area contributed by atoms with Crippen molar-refractivity contribution in [3.63, 3.8) is 0 Å². The van der Waals surface area contributed by atoms with Crippen molar-refractivity contribution in [2.75, 3.05) is 5.32 Å². The lowest BCUT2D eigenvalue weighted by atomic mass is 10.0. The largest absolute Gasteiger partial charge is 0.393 e. The van der Waals surface area contributed by atoms with Crippen molar-refractivity contribution >= 4 is 17.4 Å². The van der Waals surface area contributed by atoms with Gasteiger partial charge in [-0.2, -0.15) is 0 Å². The number of amides is 2. The van der Waals surface area contributed by atoms with Gasteiger partial charge < -0.3 is 15.3 Å². The number of nitro groups is 1. The lowest BCUT2D eigenvalue weighted by molar-refractivity contribution is -0.385. The monoisotopic (exact) mass is 319 g/mol. The molecule has 23 heavy (non-hydrogen) atoms. The molecule has 2 aliphatic rings. The summed E-state index contributed by atoms with van der Waals surface area (Å²) < 4.78 is 0. The molecule has 2 amide bonds. The molecule has 0 spiro atoms. The van der Waals surface area contributed by atoms with E-state index in [1.54, 1.807) is 17.9 Å². The van der Waals surface area contributed by atoms with Crippen molar-refractivity contribution in [1.82, 2.24) is 4.90 Å². The first-order valence-corrected chi connectivity index (χ1v) is 7.90. The Morgan fingerprint density at radius 2 is 1.87 bits per heavy atom. The Morgan fingerprint density at radius 3 is 2.43 bits per heavy atom. The predicted molar refractivity (Wildman–Crippen MR) is 85.5 cm³/mol. The van der Waals surface area contributed by atoms with Crippen molar-refractivity contribution in [1.29, 1.82) is 0 Å². The summed E-state index contributed by atoms with van der Waals surface area (Å²) in [4.78, 5) is 25.1. The van der Waals surface area contributed by atoms with E-state index in [1.165, 1.54) is 6.07 Å². The molecule has 2 bridgehead atoms. The summed E-state index contributed by atoms with van der Waals surface area (Å²) in [5.74, 6) is 0. The van der Waals surface area contributed by atoms with E-state index in [0.29, 0.717) is 24.1 Å². The van der Waals surface area contributed by atoms with Gasteiger partial charge in [0.15, 0.2) is 0 Å².